The van der Waals surface area contributed by atoms with Crippen molar-refractivity contribution in [2.45, 2.75) is 6.92 Å². The summed E-state index contributed by atoms with van der Waals surface area (Å²) in [6, 6.07) is 14.7. The minimum Gasteiger partial charge on any atom is -0.494 e. The van der Waals surface area contributed by atoms with Crippen LogP contribution in [0.3, 0.4) is 0 Å². The van der Waals surface area contributed by atoms with Gasteiger partial charge in [-0.2, -0.15) is 0 Å². The molecule has 0 unspecified atom stereocenters. The van der Waals surface area contributed by atoms with Crippen LogP contribution in [0.4, 0.5) is 16.2 Å². The molecule has 0 bridgehead atoms. The average molecular weight is 468 g/mol. The van der Waals surface area contributed by atoms with Gasteiger partial charge in [-0.15, -0.1) is 0 Å². The number of nitrogens with zero attached hydrogens (tertiary/aromatic N) is 2. The first-order valence-electron chi connectivity index (χ1n) is 10.7. The van der Waals surface area contributed by atoms with E-state index in [1.807, 2.05) is 43.3 Å². The van der Waals surface area contributed by atoms with Crippen LogP contribution in [-0.2, 0) is 14.3 Å². The van der Waals surface area contributed by atoms with Crippen molar-refractivity contribution >= 4 is 46.3 Å². The van der Waals surface area contributed by atoms with Crippen molar-refractivity contribution in [3.8, 4) is 5.75 Å². The van der Waals surface area contributed by atoms with Gasteiger partial charge in [0.05, 0.1) is 24.7 Å². The number of amides is 3. The molecule has 33 heavy (non-hydrogen) atoms. The SMILES string of the molecule is CCOc1ccc(/C=C2/SC(=O)N(CC(=O)Nc3ccc(N4CCOCC4)cc3)C2=O)cc1. The van der Waals surface area contributed by atoms with Gasteiger partial charge in [-0.1, -0.05) is 12.1 Å². The molecule has 172 valence electrons. The third-order valence-corrected chi connectivity index (χ3v) is 6.10. The summed E-state index contributed by atoms with van der Waals surface area (Å²) in [6.07, 6.45) is 1.64. The Morgan fingerprint density at radius 2 is 1.79 bits per heavy atom. The molecule has 4 rings (SSSR count). The van der Waals surface area contributed by atoms with Crippen LogP contribution < -0.4 is 15.0 Å². The van der Waals surface area contributed by atoms with Crippen LogP contribution in [0.1, 0.15) is 12.5 Å². The first-order valence-corrected chi connectivity index (χ1v) is 11.6. The number of rotatable bonds is 7. The van der Waals surface area contributed by atoms with E-state index in [4.69, 9.17) is 9.47 Å². The van der Waals surface area contributed by atoms with E-state index in [2.05, 4.69) is 10.2 Å². The molecule has 1 N–H and O–H groups in total. The van der Waals surface area contributed by atoms with Crippen molar-refractivity contribution in [1.29, 1.82) is 0 Å². The molecule has 0 saturated carbocycles. The first kappa shape index (κ1) is 22.9. The molecule has 2 aliphatic heterocycles. The number of anilines is 2. The molecular weight excluding hydrogens is 442 g/mol. The fourth-order valence-corrected chi connectivity index (χ4v) is 4.37. The van der Waals surface area contributed by atoms with E-state index in [9.17, 15) is 14.4 Å². The topological polar surface area (TPSA) is 88.2 Å². The highest BCUT2D eigenvalue weighted by molar-refractivity contribution is 8.18. The number of hydrogen-bond donors (Lipinski definition) is 1. The lowest BCUT2D eigenvalue weighted by Gasteiger charge is -2.28. The maximum Gasteiger partial charge on any atom is 0.294 e. The maximum atomic E-state index is 12.7. The lowest BCUT2D eigenvalue weighted by molar-refractivity contribution is -0.127. The zero-order valence-electron chi connectivity index (χ0n) is 18.3. The van der Waals surface area contributed by atoms with E-state index in [-0.39, 0.29) is 11.4 Å². The first-order chi connectivity index (χ1) is 16.0. The van der Waals surface area contributed by atoms with Gasteiger partial charge in [0, 0.05) is 24.5 Å². The molecule has 0 aliphatic carbocycles. The number of carbonyl (C=O) groups is 3. The Bertz CT molecular complexity index is 1050. The molecule has 8 nitrogen and oxygen atoms in total. The van der Waals surface area contributed by atoms with Gasteiger partial charge in [0.1, 0.15) is 12.3 Å². The van der Waals surface area contributed by atoms with Crippen molar-refractivity contribution in [3.63, 3.8) is 0 Å². The Kier molecular flexibility index (Phi) is 7.31. The summed E-state index contributed by atoms with van der Waals surface area (Å²) in [6.45, 7) is 5.19. The molecule has 3 amide bonds. The van der Waals surface area contributed by atoms with E-state index in [1.54, 1.807) is 18.2 Å². The predicted octanol–water partition coefficient (Wildman–Crippen LogP) is 3.60. The quantitative estimate of drug-likeness (QED) is 0.623. The summed E-state index contributed by atoms with van der Waals surface area (Å²) in [4.78, 5) is 41.0. The molecule has 0 atom stereocenters. The standard InChI is InChI=1S/C24H25N3O5S/c1-2-32-20-9-3-17(4-10-20)15-21-23(29)27(24(30)33-21)16-22(28)25-18-5-7-19(8-6-18)26-11-13-31-14-12-26/h3-10,15H,2,11-14,16H2,1H3,(H,25,28)/b21-15+. The molecule has 2 fully saturated rings. The number of morpholine rings is 1. The Morgan fingerprint density at radius 3 is 2.45 bits per heavy atom. The molecule has 0 aromatic heterocycles. The molecule has 2 heterocycles. The van der Waals surface area contributed by atoms with Crippen LogP contribution in [-0.4, -0.2) is 61.4 Å². The molecule has 2 saturated heterocycles. The van der Waals surface area contributed by atoms with Crippen LogP contribution in [0.5, 0.6) is 5.75 Å². The van der Waals surface area contributed by atoms with Crippen LogP contribution in [0.25, 0.3) is 6.08 Å². The number of thioether (sulfide) groups is 1. The van der Waals surface area contributed by atoms with Crippen LogP contribution in [0.15, 0.2) is 53.4 Å². The van der Waals surface area contributed by atoms with E-state index >= 15 is 0 Å². The van der Waals surface area contributed by atoms with Gasteiger partial charge in [-0.05, 0) is 66.7 Å². The second-order valence-corrected chi connectivity index (χ2v) is 8.46. The monoisotopic (exact) mass is 467 g/mol. The normalized spacial score (nSPS) is 17.5. The summed E-state index contributed by atoms with van der Waals surface area (Å²) in [5.41, 5.74) is 2.43. The number of hydrogen-bond acceptors (Lipinski definition) is 7. The molecule has 2 aliphatic rings. The fraction of sp³-hybridized carbons (Fsp3) is 0.292. The van der Waals surface area contributed by atoms with E-state index in [0.717, 1.165) is 46.8 Å². The third kappa shape index (κ3) is 5.74. The molecule has 0 radical (unpaired) electrons. The second-order valence-electron chi connectivity index (χ2n) is 7.46. The van der Waals surface area contributed by atoms with Crippen LogP contribution in [0.2, 0.25) is 0 Å². The Balaban J connectivity index is 1.35. The zero-order chi connectivity index (χ0) is 23.2. The van der Waals surface area contributed by atoms with Gasteiger partial charge in [0.15, 0.2) is 0 Å². The molecule has 9 heteroatoms. The molecular formula is C24H25N3O5S. The Labute approximate surface area is 196 Å². The van der Waals surface area contributed by atoms with Crippen LogP contribution in [0, 0.1) is 0 Å². The van der Waals surface area contributed by atoms with Gasteiger partial charge in [0.25, 0.3) is 11.1 Å². The fourth-order valence-electron chi connectivity index (χ4n) is 3.54. The van der Waals surface area contributed by atoms with Crippen molar-refractivity contribution in [1.82, 2.24) is 4.90 Å². The highest BCUT2D eigenvalue weighted by Gasteiger charge is 2.36. The summed E-state index contributed by atoms with van der Waals surface area (Å²) in [7, 11) is 0. The van der Waals surface area contributed by atoms with E-state index in [0.29, 0.717) is 25.5 Å². The predicted molar refractivity (Wildman–Crippen MR) is 128 cm³/mol. The largest absolute Gasteiger partial charge is 0.494 e. The number of benzene rings is 2. The lowest BCUT2D eigenvalue weighted by Crippen LogP contribution is -2.36. The van der Waals surface area contributed by atoms with Gasteiger partial charge in [0.2, 0.25) is 5.91 Å². The van der Waals surface area contributed by atoms with Gasteiger partial charge in [-0.3, -0.25) is 19.3 Å². The third-order valence-electron chi connectivity index (χ3n) is 5.19. The average Bonchev–Trinajstić information content (AvgIpc) is 3.09. The molecule has 2 aromatic rings. The van der Waals surface area contributed by atoms with Gasteiger partial charge in [-0.25, -0.2) is 0 Å². The molecule has 0 spiro atoms. The summed E-state index contributed by atoms with van der Waals surface area (Å²) < 4.78 is 10.8. The maximum absolute atomic E-state index is 12.7. The van der Waals surface area contributed by atoms with Crippen molar-refractivity contribution in [2.75, 3.05) is 49.7 Å². The summed E-state index contributed by atoms with van der Waals surface area (Å²) in [5, 5.41) is 2.29. The molecule has 2 aromatic carbocycles. The smallest absolute Gasteiger partial charge is 0.294 e. The van der Waals surface area contributed by atoms with Gasteiger partial charge >= 0.3 is 0 Å². The number of ether oxygens (including phenoxy) is 2. The van der Waals surface area contributed by atoms with E-state index in [1.165, 1.54) is 0 Å². The van der Waals surface area contributed by atoms with Crippen molar-refractivity contribution in [3.05, 3.63) is 59.0 Å². The minimum absolute atomic E-state index is 0.284. The lowest BCUT2D eigenvalue weighted by atomic mass is 10.2. The highest BCUT2D eigenvalue weighted by atomic mass is 32.2. The van der Waals surface area contributed by atoms with Crippen molar-refractivity contribution < 1.29 is 23.9 Å². The van der Waals surface area contributed by atoms with Gasteiger partial charge < -0.3 is 19.7 Å². The second kappa shape index (κ2) is 10.5. The zero-order valence-corrected chi connectivity index (χ0v) is 19.1. The highest BCUT2D eigenvalue weighted by Crippen LogP contribution is 2.32. The summed E-state index contributed by atoms with van der Waals surface area (Å²) in [5.74, 6) is -0.173. The number of carbonyl (C=O) groups excluding carboxylic acids is 3. The minimum atomic E-state index is -0.475. The number of nitrogens with one attached hydrogen (secondary N) is 1. The summed E-state index contributed by atoms with van der Waals surface area (Å²) >= 11 is 0.829. The number of imide groups is 1. The van der Waals surface area contributed by atoms with Crippen molar-refractivity contribution in [2.24, 2.45) is 0 Å². The van der Waals surface area contributed by atoms with Crippen LogP contribution >= 0.6 is 11.8 Å². The Morgan fingerprint density at radius 1 is 1.09 bits per heavy atom. The Hall–Kier alpha value is -3.30. The van der Waals surface area contributed by atoms with E-state index < -0.39 is 17.1 Å².